The molecular formula is C13H17N5S. The molecule has 5 nitrogen and oxygen atoms in total. The summed E-state index contributed by atoms with van der Waals surface area (Å²) >= 11 is 1.84. The standard InChI is InChI=1S/C13H17N5S/c1-15-11-7-12(18-13(14)17-11)16-9-3-2-4-10-8(9)5-6-19-10/h5-7,9H,2-4H2,1H3,(H4,14,15,16,17,18). The minimum atomic E-state index is 0.288. The minimum Gasteiger partial charge on any atom is -0.373 e. The van der Waals surface area contributed by atoms with E-state index in [2.05, 4.69) is 32.0 Å². The van der Waals surface area contributed by atoms with E-state index in [4.69, 9.17) is 5.73 Å². The molecule has 0 bridgehead atoms. The highest BCUT2D eigenvalue weighted by atomic mass is 32.1. The molecule has 0 aliphatic heterocycles. The smallest absolute Gasteiger partial charge is 0.223 e. The lowest BCUT2D eigenvalue weighted by Gasteiger charge is -2.24. The lowest BCUT2D eigenvalue weighted by Crippen LogP contribution is -2.17. The van der Waals surface area contributed by atoms with E-state index in [1.165, 1.54) is 23.3 Å². The van der Waals surface area contributed by atoms with Gasteiger partial charge in [0, 0.05) is 18.0 Å². The van der Waals surface area contributed by atoms with Crippen LogP contribution in [0, 0.1) is 0 Å². The van der Waals surface area contributed by atoms with Crippen LogP contribution in [0.2, 0.25) is 0 Å². The molecule has 1 aliphatic carbocycles. The molecule has 1 aliphatic rings. The van der Waals surface area contributed by atoms with Crippen LogP contribution in [0.4, 0.5) is 17.6 Å². The number of anilines is 3. The van der Waals surface area contributed by atoms with Gasteiger partial charge in [0.25, 0.3) is 0 Å². The molecule has 4 N–H and O–H groups in total. The molecule has 0 saturated heterocycles. The Morgan fingerprint density at radius 1 is 1.37 bits per heavy atom. The Kier molecular flexibility index (Phi) is 3.25. The van der Waals surface area contributed by atoms with Crippen LogP contribution in [0.3, 0.4) is 0 Å². The predicted octanol–water partition coefficient (Wildman–Crippen LogP) is 2.65. The number of rotatable bonds is 3. The van der Waals surface area contributed by atoms with Crippen LogP contribution in [0.1, 0.15) is 29.3 Å². The molecule has 0 spiro atoms. The normalized spacial score (nSPS) is 17.8. The summed E-state index contributed by atoms with van der Waals surface area (Å²) in [6, 6.07) is 4.42. The van der Waals surface area contributed by atoms with Gasteiger partial charge in [-0.2, -0.15) is 9.97 Å². The summed E-state index contributed by atoms with van der Waals surface area (Å²) < 4.78 is 0. The number of aromatic nitrogens is 2. The number of nitrogens with zero attached hydrogens (tertiary/aromatic N) is 2. The van der Waals surface area contributed by atoms with E-state index >= 15 is 0 Å². The molecule has 1 unspecified atom stereocenters. The van der Waals surface area contributed by atoms with Gasteiger partial charge in [-0.15, -0.1) is 11.3 Å². The Labute approximate surface area is 116 Å². The number of aryl methyl sites for hydroxylation is 1. The minimum absolute atomic E-state index is 0.288. The van der Waals surface area contributed by atoms with Crippen molar-refractivity contribution in [3.63, 3.8) is 0 Å². The lowest BCUT2D eigenvalue weighted by molar-refractivity contribution is 0.607. The largest absolute Gasteiger partial charge is 0.373 e. The zero-order valence-electron chi connectivity index (χ0n) is 10.8. The van der Waals surface area contributed by atoms with Crippen molar-refractivity contribution in [2.24, 2.45) is 0 Å². The van der Waals surface area contributed by atoms with Gasteiger partial charge in [-0.3, -0.25) is 0 Å². The Morgan fingerprint density at radius 2 is 2.21 bits per heavy atom. The summed E-state index contributed by atoms with van der Waals surface area (Å²) in [4.78, 5) is 9.84. The van der Waals surface area contributed by atoms with E-state index < -0.39 is 0 Å². The topological polar surface area (TPSA) is 75.9 Å². The average Bonchev–Trinajstić information content (AvgIpc) is 2.87. The number of hydrogen-bond donors (Lipinski definition) is 3. The van der Waals surface area contributed by atoms with Crippen LogP contribution >= 0.6 is 11.3 Å². The third kappa shape index (κ3) is 2.49. The first kappa shape index (κ1) is 12.2. The number of hydrogen-bond acceptors (Lipinski definition) is 6. The first-order valence-electron chi connectivity index (χ1n) is 6.41. The summed E-state index contributed by atoms with van der Waals surface area (Å²) in [5.41, 5.74) is 7.12. The van der Waals surface area contributed by atoms with E-state index in [0.717, 1.165) is 18.1 Å². The Bertz CT molecular complexity index is 580. The fourth-order valence-corrected chi connectivity index (χ4v) is 3.47. The van der Waals surface area contributed by atoms with E-state index in [1.807, 2.05) is 24.5 Å². The predicted molar refractivity (Wildman–Crippen MR) is 79.6 cm³/mol. The number of thiophene rings is 1. The summed E-state index contributed by atoms with van der Waals surface area (Å²) in [5, 5.41) is 8.63. The molecule has 2 heterocycles. The number of nitrogens with two attached hydrogens (primary N) is 1. The molecule has 19 heavy (non-hydrogen) atoms. The maximum atomic E-state index is 5.71. The molecule has 1 atom stereocenters. The molecule has 2 aromatic heterocycles. The van der Waals surface area contributed by atoms with E-state index in [9.17, 15) is 0 Å². The zero-order chi connectivity index (χ0) is 13.2. The molecule has 100 valence electrons. The van der Waals surface area contributed by atoms with Gasteiger partial charge < -0.3 is 16.4 Å². The van der Waals surface area contributed by atoms with Crippen LogP contribution in [-0.2, 0) is 6.42 Å². The fourth-order valence-electron chi connectivity index (χ4n) is 2.48. The summed E-state index contributed by atoms with van der Waals surface area (Å²) in [7, 11) is 1.82. The van der Waals surface area contributed by atoms with Crippen molar-refractivity contribution in [2.45, 2.75) is 25.3 Å². The quantitative estimate of drug-likeness (QED) is 0.803. The van der Waals surface area contributed by atoms with Crippen molar-refractivity contribution in [3.8, 4) is 0 Å². The number of fused-ring (bicyclic) bond motifs is 1. The summed E-state index contributed by atoms with van der Waals surface area (Å²) in [5.74, 6) is 1.80. The van der Waals surface area contributed by atoms with Crippen LogP contribution < -0.4 is 16.4 Å². The van der Waals surface area contributed by atoms with Gasteiger partial charge in [-0.1, -0.05) is 0 Å². The summed E-state index contributed by atoms with van der Waals surface area (Å²) in [6.45, 7) is 0. The third-order valence-electron chi connectivity index (χ3n) is 3.37. The fraction of sp³-hybridized carbons (Fsp3) is 0.385. The molecule has 2 aromatic rings. The van der Waals surface area contributed by atoms with Gasteiger partial charge in [-0.25, -0.2) is 0 Å². The van der Waals surface area contributed by atoms with E-state index in [0.29, 0.717) is 6.04 Å². The SMILES string of the molecule is CNc1cc(NC2CCCc3sccc32)nc(N)n1. The lowest BCUT2D eigenvalue weighted by atomic mass is 9.94. The first-order valence-corrected chi connectivity index (χ1v) is 7.29. The van der Waals surface area contributed by atoms with Crippen LogP contribution in [0.15, 0.2) is 17.5 Å². The van der Waals surface area contributed by atoms with Crippen molar-refractivity contribution in [2.75, 3.05) is 23.4 Å². The molecule has 0 amide bonds. The van der Waals surface area contributed by atoms with Crippen molar-refractivity contribution in [1.82, 2.24) is 9.97 Å². The Morgan fingerprint density at radius 3 is 3.05 bits per heavy atom. The summed E-state index contributed by atoms with van der Waals surface area (Å²) in [6.07, 6.45) is 3.53. The van der Waals surface area contributed by atoms with Crippen LogP contribution in [-0.4, -0.2) is 17.0 Å². The monoisotopic (exact) mass is 275 g/mol. The molecule has 0 aromatic carbocycles. The second-order valence-corrected chi connectivity index (χ2v) is 5.64. The highest BCUT2D eigenvalue weighted by molar-refractivity contribution is 7.10. The molecule has 0 radical (unpaired) electrons. The van der Waals surface area contributed by atoms with E-state index in [1.54, 1.807) is 0 Å². The Hall–Kier alpha value is -1.82. The highest BCUT2D eigenvalue weighted by Gasteiger charge is 2.21. The van der Waals surface area contributed by atoms with Gasteiger partial charge in [0.15, 0.2) is 0 Å². The van der Waals surface area contributed by atoms with E-state index in [-0.39, 0.29) is 5.95 Å². The number of nitrogen functional groups attached to an aromatic ring is 1. The molecular weight excluding hydrogens is 258 g/mol. The van der Waals surface area contributed by atoms with Gasteiger partial charge in [0.2, 0.25) is 5.95 Å². The third-order valence-corrected chi connectivity index (χ3v) is 4.37. The Balaban J connectivity index is 1.85. The van der Waals surface area contributed by atoms with Crippen molar-refractivity contribution >= 4 is 28.9 Å². The molecule has 0 saturated carbocycles. The van der Waals surface area contributed by atoms with Crippen molar-refractivity contribution in [3.05, 3.63) is 28.0 Å². The van der Waals surface area contributed by atoms with Gasteiger partial charge >= 0.3 is 0 Å². The van der Waals surface area contributed by atoms with Gasteiger partial charge in [0.1, 0.15) is 11.6 Å². The first-order chi connectivity index (χ1) is 9.26. The van der Waals surface area contributed by atoms with Crippen LogP contribution in [0.25, 0.3) is 0 Å². The second kappa shape index (κ2) is 5.05. The highest BCUT2D eigenvalue weighted by Crippen LogP contribution is 2.35. The van der Waals surface area contributed by atoms with Crippen molar-refractivity contribution < 1.29 is 0 Å². The maximum absolute atomic E-state index is 5.71. The van der Waals surface area contributed by atoms with Gasteiger partial charge in [0.05, 0.1) is 6.04 Å². The molecule has 3 rings (SSSR count). The van der Waals surface area contributed by atoms with Gasteiger partial charge in [-0.05, 0) is 36.3 Å². The van der Waals surface area contributed by atoms with Crippen molar-refractivity contribution in [1.29, 1.82) is 0 Å². The molecule has 0 fully saturated rings. The average molecular weight is 275 g/mol. The number of nitrogens with one attached hydrogen (secondary N) is 2. The maximum Gasteiger partial charge on any atom is 0.223 e. The second-order valence-electron chi connectivity index (χ2n) is 4.63. The zero-order valence-corrected chi connectivity index (χ0v) is 11.6. The molecule has 6 heteroatoms. The van der Waals surface area contributed by atoms with Crippen LogP contribution in [0.5, 0.6) is 0 Å².